The molecule has 0 aliphatic carbocycles. The average Bonchev–Trinajstić information content (AvgIpc) is 4.13. The van der Waals surface area contributed by atoms with Crippen molar-refractivity contribution in [2.24, 2.45) is 0 Å². The first kappa shape index (κ1) is 60.6. The largest absolute Gasteiger partial charge is 0.508 e. The van der Waals surface area contributed by atoms with E-state index in [9.17, 15) is 58.8 Å². The molecule has 0 aromatic heterocycles. The van der Waals surface area contributed by atoms with Crippen LogP contribution in [-0.2, 0) is 39.9 Å². The predicted octanol–water partition coefficient (Wildman–Crippen LogP) is 2.44. The van der Waals surface area contributed by atoms with E-state index in [2.05, 4.69) is 38.8 Å². The molecule has 0 spiro atoms. The Morgan fingerprint density at radius 2 is 1.23 bits per heavy atom. The van der Waals surface area contributed by atoms with Gasteiger partial charge in [-0.25, -0.2) is 4.79 Å². The SMILES string of the molecule is CCCCCOc1ccc(-c2ccc(-c3ccc(C(=O)NC4CCCNC(=O)C5C[C@H](NC(=O)OC)CN5C(=O)C([C@@H](C)O)NC(=O)C(CCc5ccc(O)cc5)NC(=O)C5C[C@@H](O)CN5C(=O)C([C@@H](C)O)NC4=O)cc3)cc2)cc1. The number of benzene rings is 4. The van der Waals surface area contributed by atoms with E-state index in [4.69, 9.17) is 9.47 Å². The van der Waals surface area contributed by atoms with Crippen LogP contribution in [0.25, 0.3) is 22.3 Å². The number of phenols is 1. The van der Waals surface area contributed by atoms with Gasteiger partial charge in [0, 0.05) is 31.6 Å². The molecule has 8 amide bonds. The number of carbonyl (C=O) groups excluding carboxylic acids is 8. The molecular formula is C59H74N8O14. The normalized spacial score (nSPS) is 24.0. The van der Waals surface area contributed by atoms with Gasteiger partial charge >= 0.3 is 6.09 Å². The second-order valence-electron chi connectivity index (χ2n) is 20.9. The summed E-state index contributed by atoms with van der Waals surface area (Å²) in [5.41, 5.74) is 4.53. The highest BCUT2D eigenvalue weighted by atomic mass is 16.5. The molecule has 3 aliphatic rings. The predicted molar refractivity (Wildman–Crippen MR) is 297 cm³/mol. The van der Waals surface area contributed by atoms with Gasteiger partial charge in [-0.2, -0.15) is 0 Å². The minimum absolute atomic E-state index is 0.0160. The number of aromatic hydroxyl groups is 1. The molecule has 3 fully saturated rings. The van der Waals surface area contributed by atoms with E-state index in [1.807, 2.05) is 48.5 Å². The number of hydrogen-bond donors (Lipinski definition) is 10. The van der Waals surface area contributed by atoms with Crippen LogP contribution in [0.4, 0.5) is 4.79 Å². The number of phenolic OH excluding ortho intramolecular Hbond substituents is 1. The number of carbonyl (C=O) groups is 8. The van der Waals surface area contributed by atoms with E-state index >= 15 is 0 Å². The van der Waals surface area contributed by atoms with E-state index in [1.165, 1.54) is 26.0 Å². The highest BCUT2D eigenvalue weighted by Crippen LogP contribution is 2.28. The number of aliphatic hydroxyl groups excluding tert-OH is 3. The summed E-state index contributed by atoms with van der Waals surface area (Å²) in [6.45, 7) is 4.56. The van der Waals surface area contributed by atoms with Crippen molar-refractivity contribution in [1.82, 2.24) is 41.7 Å². The van der Waals surface area contributed by atoms with Crippen LogP contribution in [0.5, 0.6) is 11.5 Å². The first-order valence-electron chi connectivity index (χ1n) is 27.5. The topological polar surface area (TPSA) is 315 Å². The number of nitrogens with one attached hydrogen (secondary N) is 6. The first-order chi connectivity index (χ1) is 38.8. The molecule has 10 N–H and O–H groups in total. The molecule has 6 unspecified atom stereocenters. The Labute approximate surface area is 470 Å². The second kappa shape index (κ2) is 28.4. The molecule has 0 saturated carbocycles. The van der Waals surface area contributed by atoms with Crippen LogP contribution in [0, 0.1) is 0 Å². The molecule has 0 bridgehead atoms. The summed E-state index contributed by atoms with van der Waals surface area (Å²) in [7, 11) is 1.14. The fourth-order valence-electron chi connectivity index (χ4n) is 10.2. The minimum atomic E-state index is -1.71. The lowest BCUT2D eigenvalue weighted by Gasteiger charge is -2.32. The number of fused-ring (bicyclic) bond motifs is 2. The van der Waals surface area contributed by atoms with Gasteiger partial charge in [0.05, 0.1) is 38.1 Å². The molecule has 3 aliphatic heterocycles. The number of alkyl carbamates (subject to hydrolysis) is 1. The lowest BCUT2D eigenvalue weighted by Crippen LogP contribution is -2.61. The Morgan fingerprint density at radius 3 is 1.81 bits per heavy atom. The molecule has 81 heavy (non-hydrogen) atoms. The maximum Gasteiger partial charge on any atom is 0.407 e. The third kappa shape index (κ3) is 16.1. The van der Waals surface area contributed by atoms with Crippen molar-refractivity contribution < 1.29 is 68.3 Å². The monoisotopic (exact) mass is 1120 g/mol. The Bertz CT molecular complexity index is 2830. The van der Waals surface area contributed by atoms with Gasteiger partial charge in [0.2, 0.25) is 35.4 Å². The third-order valence-corrected chi connectivity index (χ3v) is 14.8. The number of methoxy groups -OCH3 is 1. The van der Waals surface area contributed by atoms with Gasteiger partial charge in [-0.1, -0.05) is 80.4 Å². The molecule has 4 aromatic rings. The maximum atomic E-state index is 14.5. The summed E-state index contributed by atoms with van der Waals surface area (Å²) in [5, 5.41) is 58.8. The molecule has 7 rings (SSSR count). The smallest absolute Gasteiger partial charge is 0.407 e. The van der Waals surface area contributed by atoms with E-state index in [-0.39, 0.29) is 62.9 Å². The van der Waals surface area contributed by atoms with Crippen LogP contribution >= 0.6 is 0 Å². The fourth-order valence-corrected chi connectivity index (χ4v) is 10.2. The van der Waals surface area contributed by atoms with E-state index in [1.54, 1.807) is 36.4 Å². The van der Waals surface area contributed by atoms with Crippen molar-refractivity contribution in [1.29, 1.82) is 0 Å². The van der Waals surface area contributed by atoms with Crippen LogP contribution in [0.1, 0.15) is 88.1 Å². The summed E-state index contributed by atoms with van der Waals surface area (Å²) < 4.78 is 10.6. The van der Waals surface area contributed by atoms with Crippen molar-refractivity contribution >= 4 is 47.4 Å². The first-order valence-corrected chi connectivity index (χ1v) is 27.5. The number of nitrogens with zero attached hydrogens (tertiary/aromatic N) is 2. The summed E-state index contributed by atoms with van der Waals surface area (Å²) >= 11 is 0. The Balaban J connectivity index is 1.14. The zero-order valence-corrected chi connectivity index (χ0v) is 46.0. The molecular weight excluding hydrogens is 1040 g/mol. The van der Waals surface area contributed by atoms with Gasteiger partial charge in [0.1, 0.15) is 47.8 Å². The van der Waals surface area contributed by atoms with E-state index < -0.39 is 115 Å². The van der Waals surface area contributed by atoms with Crippen LogP contribution in [0.2, 0.25) is 0 Å². The van der Waals surface area contributed by atoms with Gasteiger partial charge in [0.25, 0.3) is 5.91 Å². The molecule has 4 aromatic carbocycles. The van der Waals surface area contributed by atoms with Gasteiger partial charge in [-0.15, -0.1) is 0 Å². The molecule has 3 saturated heterocycles. The Hall–Kier alpha value is -8.08. The number of ether oxygens (including phenoxy) is 2. The zero-order chi connectivity index (χ0) is 58.3. The number of aryl methyl sites for hydroxylation is 1. The Kier molecular flexibility index (Phi) is 21.2. The van der Waals surface area contributed by atoms with Crippen molar-refractivity contribution in [3.63, 3.8) is 0 Å². The third-order valence-electron chi connectivity index (χ3n) is 14.8. The minimum Gasteiger partial charge on any atom is -0.508 e. The average molecular weight is 1120 g/mol. The standard InChI is InChI=1S/C59H74N8O14/c1-5-6-7-29-81-45-25-21-40(22-26-45)38-15-13-37(14-16-38)39-17-19-41(20-18-39)52(72)62-46-9-8-28-60-55(75)48-30-42(61-59(79)80-4)32-66(48)57(77)50(34(2)68)65-54(74)47(27-12-36-10-23-43(70)24-11-36)63-56(76)49-31-44(71)33-67(49)58(78)51(35(3)69)64-53(46)73/h10-11,13-26,34-35,42,44,46-51,68-71H,5-9,12,27-33H2,1-4H3,(H,60,75)(H,61,79)(H,62,72)(H,63,76)(H,64,73)(H,65,74)/t34-,35-,42+,44-,46?,47?,48?,49?,50?,51?/m1/s1. The van der Waals surface area contributed by atoms with Gasteiger partial charge in [0.15, 0.2) is 0 Å². The lowest BCUT2D eigenvalue weighted by molar-refractivity contribution is -0.145. The molecule has 10 atom stereocenters. The molecule has 22 nitrogen and oxygen atoms in total. The van der Waals surface area contributed by atoms with Crippen molar-refractivity contribution in [2.45, 2.75) is 139 Å². The van der Waals surface area contributed by atoms with Crippen LogP contribution in [0.3, 0.4) is 0 Å². The maximum absolute atomic E-state index is 14.5. The van der Waals surface area contributed by atoms with Crippen molar-refractivity contribution in [3.05, 3.63) is 108 Å². The van der Waals surface area contributed by atoms with E-state index in [0.717, 1.165) is 64.2 Å². The summed E-state index contributed by atoms with van der Waals surface area (Å²) in [6, 6.07) is 18.9. The van der Waals surface area contributed by atoms with Gasteiger partial charge in [-0.3, -0.25) is 33.6 Å². The van der Waals surface area contributed by atoms with Crippen LogP contribution in [-0.4, -0.2) is 172 Å². The fraction of sp³-hybridized carbons (Fsp3) is 0.458. The van der Waals surface area contributed by atoms with Gasteiger partial charge in [-0.05, 0) is 117 Å². The Morgan fingerprint density at radius 1 is 0.679 bits per heavy atom. The molecule has 434 valence electrons. The molecule has 0 radical (unpaired) electrons. The number of amides is 8. The second-order valence-corrected chi connectivity index (χ2v) is 20.9. The number of aliphatic hydroxyl groups is 3. The molecule has 3 heterocycles. The summed E-state index contributed by atoms with van der Waals surface area (Å²) in [5.74, 6) is -5.13. The lowest BCUT2D eigenvalue weighted by atomic mass is 9.99. The molecule has 22 heteroatoms. The number of hydrogen-bond acceptors (Lipinski definition) is 14. The number of unbranched alkanes of at least 4 members (excludes halogenated alkanes) is 2. The zero-order valence-electron chi connectivity index (χ0n) is 46.0. The highest BCUT2D eigenvalue weighted by Gasteiger charge is 2.46. The van der Waals surface area contributed by atoms with Crippen molar-refractivity contribution in [3.8, 4) is 33.8 Å². The van der Waals surface area contributed by atoms with Crippen molar-refractivity contribution in [2.75, 3.05) is 33.4 Å². The number of rotatable bonds is 15. The highest BCUT2D eigenvalue weighted by molar-refractivity contribution is 6.00. The van der Waals surface area contributed by atoms with E-state index in [0.29, 0.717) is 12.2 Å². The van der Waals surface area contributed by atoms with Crippen LogP contribution < -0.4 is 36.6 Å². The summed E-state index contributed by atoms with van der Waals surface area (Å²) in [6.07, 6.45) is -2.48. The van der Waals surface area contributed by atoms with Gasteiger partial charge < -0.3 is 71.6 Å². The quantitative estimate of drug-likeness (QED) is 0.0766. The van der Waals surface area contributed by atoms with Crippen LogP contribution in [0.15, 0.2) is 97.1 Å². The summed E-state index contributed by atoms with van der Waals surface area (Å²) in [4.78, 5) is 115.